The first-order valence-electron chi connectivity index (χ1n) is 4.87. The lowest BCUT2D eigenvalue weighted by molar-refractivity contribution is -0.149. The molecule has 0 aliphatic carbocycles. The standard InChI is InChI=1S/C10H18O4/c1-3-4-6-10(2,9(13)14)7-5-8(11)12/h3-7H2,1-2H3,(H,11,12)(H,13,14). The molecule has 0 aliphatic heterocycles. The van der Waals surface area contributed by atoms with E-state index in [1.807, 2.05) is 6.92 Å². The Balaban J connectivity index is 4.24. The Kier molecular flexibility index (Phi) is 5.20. The fourth-order valence-corrected chi connectivity index (χ4v) is 1.29. The highest BCUT2D eigenvalue weighted by atomic mass is 16.4. The lowest BCUT2D eigenvalue weighted by Crippen LogP contribution is -2.28. The summed E-state index contributed by atoms with van der Waals surface area (Å²) in [5.41, 5.74) is -0.881. The molecule has 14 heavy (non-hydrogen) atoms. The lowest BCUT2D eigenvalue weighted by Gasteiger charge is -2.23. The normalized spacial score (nSPS) is 14.7. The molecule has 0 aliphatic rings. The van der Waals surface area contributed by atoms with Crippen LogP contribution < -0.4 is 0 Å². The summed E-state index contributed by atoms with van der Waals surface area (Å²) in [5, 5.41) is 17.5. The maximum absolute atomic E-state index is 10.9. The second kappa shape index (κ2) is 5.62. The van der Waals surface area contributed by atoms with Crippen molar-refractivity contribution in [3.8, 4) is 0 Å². The number of carboxylic acid groups (broad SMARTS) is 2. The number of carboxylic acids is 2. The molecule has 82 valence electrons. The van der Waals surface area contributed by atoms with E-state index in [0.29, 0.717) is 6.42 Å². The van der Waals surface area contributed by atoms with Gasteiger partial charge in [-0.3, -0.25) is 9.59 Å². The van der Waals surface area contributed by atoms with Gasteiger partial charge < -0.3 is 10.2 Å². The van der Waals surface area contributed by atoms with Gasteiger partial charge in [0.2, 0.25) is 0 Å². The molecular formula is C10H18O4. The molecule has 0 fully saturated rings. The largest absolute Gasteiger partial charge is 0.481 e. The summed E-state index contributed by atoms with van der Waals surface area (Å²) >= 11 is 0. The molecule has 0 aromatic rings. The third-order valence-electron chi connectivity index (χ3n) is 2.49. The molecule has 0 bridgehead atoms. The third-order valence-corrected chi connectivity index (χ3v) is 2.49. The molecule has 0 saturated carbocycles. The first-order valence-corrected chi connectivity index (χ1v) is 4.87. The molecule has 0 saturated heterocycles. The van der Waals surface area contributed by atoms with E-state index in [9.17, 15) is 9.59 Å². The van der Waals surface area contributed by atoms with Crippen molar-refractivity contribution < 1.29 is 19.8 Å². The minimum absolute atomic E-state index is 0.0769. The van der Waals surface area contributed by atoms with Gasteiger partial charge in [0, 0.05) is 6.42 Å². The van der Waals surface area contributed by atoms with Crippen LogP contribution in [0.2, 0.25) is 0 Å². The minimum atomic E-state index is -0.936. The Morgan fingerprint density at radius 2 is 1.79 bits per heavy atom. The van der Waals surface area contributed by atoms with Gasteiger partial charge in [0.05, 0.1) is 5.41 Å². The smallest absolute Gasteiger partial charge is 0.309 e. The van der Waals surface area contributed by atoms with Crippen molar-refractivity contribution in [1.82, 2.24) is 0 Å². The van der Waals surface area contributed by atoms with Gasteiger partial charge in [0.15, 0.2) is 0 Å². The highest BCUT2D eigenvalue weighted by Gasteiger charge is 2.32. The van der Waals surface area contributed by atoms with Gasteiger partial charge in [-0.2, -0.15) is 0 Å². The number of carbonyl (C=O) groups is 2. The van der Waals surface area contributed by atoms with Gasteiger partial charge in [-0.05, 0) is 19.8 Å². The average molecular weight is 202 g/mol. The molecule has 1 unspecified atom stereocenters. The molecule has 1 atom stereocenters. The number of rotatable bonds is 7. The summed E-state index contributed by atoms with van der Waals surface area (Å²) in [4.78, 5) is 21.3. The van der Waals surface area contributed by atoms with E-state index < -0.39 is 17.4 Å². The summed E-state index contributed by atoms with van der Waals surface area (Å²) in [6.07, 6.45) is 2.43. The zero-order valence-corrected chi connectivity index (χ0v) is 8.75. The second-order valence-corrected chi connectivity index (χ2v) is 3.86. The molecule has 0 radical (unpaired) electrons. The fraction of sp³-hybridized carbons (Fsp3) is 0.800. The van der Waals surface area contributed by atoms with Crippen LogP contribution >= 0.6 is 0 Å². The van der Waals surface area contributed by atoms with Crippen LogP contribution in [0.5, 0.6) is 0 Å². The van der Waals surface area contributed by atoms with Crippen LogP contribution in [0.15, 0.2) is 0 Å². The van der Waals surface area contributed by atoms with E-state index in [1.165, 1.54) is 0 Å². The number of unbranched alkanes of at least 4 members (excludes halogenated alkanes) is 1. The first kappa shape index (κ1) is 12.9. The van der Waals surface area contributed by atoms with Crippen molar-refractivity contribution in [2.45, 2.75) is 46.0 Å². The molecule has 4 heteroatoms. The molecule has 0 aromatic carbocycles. The van der Waals surface area contributed by atoms with Crippen LogP contribution in [0.25, 0.3) is 0 Å². The Morgan fingerprint density at radius 3 is 2.14 bits per heavy atom. The van der Waals surface area contributed by atoms with Gasteiger partial charge in [0.1, 0.15) is 0 Å². The number of hydrogen-bond donors (Lipinski definition) is 2. The molecule has 2 N–H and O–H groups in total. The third kappa shape index (κ3) is 4.25. The Hall–Kier alpha value is -1.06. The first-order chi connectivity index (χ1) is 6.42. The van der Waals surface area contributed by atoms with Gasteiger partial charge in [-0.15, -0.1) is 0 Å². The molecule has 0 rings (SSSR count). The van der Waals surface area contributed by atoms with Gasteiger partial charge >= 0.3 is 11.9 Å². The van der Waals surface area contributed by atoms with Crippen LogP contribution in [0, 0.1) is 5.41 Å². The summed E-state index contributed by atoms with van der Waals surface area (Å²) in [7, 11) is 0. The van der Waals surface area contributed by atoms with Gasteiger partial charge in [-0.1, -0.05) is 19.8 Å². The zero-order chi connectivity index (χ0) is 11.2. The van der Waals surface area contributed by atoms with Crippen molar-refractivity contribution in [3.63, 3.8) is 0 Å². The SMILES string of the molecule is CCCCC(C)(CCC(=O)O)C(=O)O. The molecule has 4 nitrogen and oxygen atoms in total. The predicted molar refractivity (Wildman–Crippen MR) is 52.1 cm³/mol. The van der Waals surface area contributed by atoms with Crippen LogP contribution in [-0.2, 0) is 9.59 Å². The van der Waals surface area contributed by atoms with Crippen LogP contribution in [0.1, 0.15) is 46.0 Å². The monoisotopic (exact) mass is 202 g/mol. The highest BCUT2D eigenvalue weighted by Crippen LogP contribution is 2.30. The Bertz CT molecular complexity index is 212. The van der Waals surface area contributed by atoms with Crippen molar-refractivity contribution in [3.05, 3.63) is 0 Å². The fourth-order valence-electron chi connectivity index (χ4n) is 1.29. The van der Waals surface area contributed by atoms with Crippen LogP contribution in [0.4, 0.5) is 0 Å². The second-order valence-electron chi connectivity index (χ2n) is 3.86. The molecular weight excluding hydrogens is 184 g/mol. The summed E-state index contributed by atoms with van der Waals surface area (Å²) < 4.78 is 0. The van der Waals surface area contributed by atoms with E-state index >= 15 is 0 Å². The predicted octanol–water partition coefficient (Wildman–Crippen LogP) is 2.13. The molecule has 0 aromatic heterocycles. The van der Waals surface area contributed by atoms with Crippen LogP contribution in [-0.4, -0.2) is 22.2 Å². The van der Waals surface area contributed by atoms with Gasteiger partial charge in [0.25, 0.3) is 0 Å². The Morgan fingerprint density at radius 1 is 1.21 bits per heavy atom. The molecule has 0 heterocycles. The minimum Gasteiger partial charge on any atom is -0.481 e. The lowest BCUT2D eigenvalue weighted by atomic mass is 9.81. The van der Waals surface area contributed by atoms with Crippen molar-refractivity contribution in [2.75, 3.05) is 0 Å². The quantitative estimate of drug-likeness (QED) is 0.663. The maximum atomic E-state index is 10.9. The van der Waals surface area contributed by atoms with E-state index in [1.54, 1.807) is 6.92 Å². The summed E-state index contributed by atoms with van der Waals surface area (Å²) in [5.74, 6) is -1.83. The number of aliphatic carboxylic acids is 2. The van der Waals surface area contributed by atoms with Crippen molar-refractivity contribution in [2.24, 2.45) is 5.41 Å². The van der Waals surface area contributed by atoms with Crippen molar-refractivity contribution in [1.29, 1.82) is 0 Å². The summed E-state index contributed by atoms with van der Waals surface area (Å²) in [6.45, 7) is 3.60. The molecule has 0 spiro atoms. The molecule has 0 amide bonds. The zero-order valence-electron chi connectivity index (χ0n) is 8.75. The van der Waals surface area contributed by atoms with E-state index in [-0.39, 0.29) is 12.8 Å². The van der Waals surface area contributed by atoms with Gasteiger partial charge in [-0.25, -0.2) is 0 Å². The Labute approximate surface area is 83.9 Å². The van der Waals surface area contributed by atoms with Crippen molar-refractivity contribution >= 4 is 11.9 Å². The van der Waals surface area contributed by atoms with Crippen LogP contribution in [0.3, 0.4) is 0 Å². The van der Waals surface area contributed by atoms with E-state index in [4.69, 9.17) is 10.2 Å². The topological polar surface area (TPSA) is 74.6 Å². The summed E-state index contributed by atoms with van der Waals surface area (Å²) in [6, 6.07) is 0. The number of hydrogen-bond acceptors (Lipinski definition) is 2. The van der Waals surface area contributed by atoms with E-state index in [0.717, 1.165) is 12.8 Å². The highest BCUT2D eigenvalue weighted by molar-refractivity contribution is 5.75. The van der Waals surface area contributed by atoms with E-state index in [2.05, 4.69) is 0 Å². The maximum Gasteiger partial charge on any atom is 0.309 e. The average Bonchev–Trinajstić information content (AvgIpc) is 2.11.